The molecule has 1 aromatic heterocycles. The number of nitrogens with zero attached hydrogens (tertiary/aromatic N) is 4. The summed E-state index contributed by atoms with van der Waals surface area (Å²) in [5.74, 6) is 0. The van der Waals surface area contributed by atoms with E-state index < -0.39 is 0 Å². The molecule has 0 spiro atoms. The fourth-order valence-corrected chi connectivity index (χ4v) is 2.77. The third-order valence-corrected chi connectivity index (χ3v) is 3.82. The molecule has 0 aliphatic rings. The molecule has 0 unspecified atom stereocenters. The van der Waals surface area contributed by atoms with Gasteiger partial charge in [-0.25, -0.2) is 4.68 Å². The van der Waals surface area contributed by atoms with Crippen molar-refractivity contribution in [2.75, 3.05) is 0 Å². The lowest BCUT2D eigenvalue weighted by Gasteiger charge is -2.09. The van der Waals surface area contributed by atoms with Crippen LogP contribution >= 0.6 is 0 Å². The summed E-state index contributed by atoms with van der Waals surface area (Å²) >= 11 is 0. The average molecular weight is 296 g/mol. The standard InChI is InChI=1S/C19H12N4/c20-13-17-19(15-8-2-1-3-9-15)23(22-21-17)18-12-6-10-14-7-4-5-11-16(14)18/h1-12H. The molecule has 0 atom stereocenters. The number of rotatable bonds is 2. The topological polar surface area (TPSA) is 54.5 Å². The summed E-state index contributed by atoms with van der Waals surface area (Å²) in [6.07, 6.45) is 0. The summed E-state index contributed by atoms with van der Waals surface area (Å²) in [6, 6.07) is 26.0. The van der Waals surface area contributed by atoms with Crippen LogP contribution in [0.25, 0.3) is 27.7 Å². The van der Waals surface area contributed by atoms with Crippen LogP contribution in [0.15, 0.2) is 72.8 Å². The van der Waals surface area contributed by atoms with Gasteiger partial charge in [-0.15, -0.1) is 5.10 Å². The van der Waals surface area contributed by atoms with Crippen molar-refractivity contribution < 1.29 is 0 Å². The van der Waals surface area contributed by atoms with E-state index in [1.54, 1.807) is 4.68 Å². The van der Waals surface area contributed by atoms with Gasteiger partial charge in [0.15, 0.2) is 5.69 Å². The molecular formula is C19H12N4. The van der Waals surface area contributed by atoms with Crippen molar-refractivity contribution in [3.63, 3.8) is 0 Å². The highest BCUT2D eigenvalue weighted by atomic mass is 15.4. The lowest BCUT2D eigenvalue weighted by atomic mass is 10.1. The van der Waals surface area contributed by atoms with Gasteiger partial charge in [-0.2, -0.15) is 5.26 Å². The third kappa shape index (κ3) is 2.16. The summed E-state index contributed by atoms with van der Waals surface area (Å²) in [6.45, 7) is 0. The van der Waals surface area contributed by atoms with Gasteiger partial charge in [0.05, 0.1) is 5.69 Å². The van der Waals surface area contributed by atoms with Crippen LogP contribution in [0.2, 0.25) is 0 Å². The second-order valence-electron chi connectivity index (χ2n) is 5.17. The maximum atomic E-state index is 9.39. The summed E-state index contributed by atoms with van der Waals surface area (Å²) in [4.78, 5) is 0. The molecule has 3 aromatic carbocycles. The fraction of sp³-hybridized carbons (Fsp3) is 0. The summed E-state index contributed by atoms with van der Waals surface area (Å²) < 4.78 is 1.75. The summed E-state index contributed by atoms with van der Waals surface area (Å²) in [5.41, 5.74) is 2.87. The van der Waals surface area contributed by atoms with Crippen LogP contribution in [0.5, 0.6) is 0 Å². The molecule has 23 heavy (non-hydrogen) atoms. The van der Waals surface area contributed by atoms with Crippen molar-refractivity contribution in [2.24, 2.45) is 0 Å². The zero-order chi connectivity index (χ0) is 15.6. The molecule has 0 saturated heterocycles. The predicted octanol–water partition coefficient (Wildman–Crippen LogP) is 3.96. The van der Waals surface area contributed by atoms with Crippen molar-refractivity contribution in [3.05, 3.63) is 78.5 Å². The van der Waals surface area contributed by atoms with E-state index in [1.165, 1.54) is 0 Å². The quantitative estimate of drug-likeness (QED) is 0.562. The van der Waals surface area contributed by atoms with Gasteiger partial charge in [-0.1, -0.05) is 71.9 Å². The molecule has 4 nitrogen and oxygen atoms in total. The Morgan fingerprint density at radius 1 is 0.826 bits per heavy atom. The first kappa shape index (κ1) is 13.2. The number of aromatic nitrogens is 3. The molecule has 0 N–H and O–H groups in total. The molecule has 0 bridgehead atoms. The van der Waals surface area contributed by atoms with Crippen LogP contribution < -0.4 is 0 Å². The first-order valence-electron chi connectivity index (χ1n) is 7.28. The van der Waals surface area contributed by atoms with E-state index in [-0.39, 0.29) is 0 Å². The molecule has 0 fully saturated rings. The van der Waals surface area contributed by atoms with Crippen LogP contribution in [0.3, 0.4) is 0 Å². The van der Waals surface area contributed by atoms with E-state index >= 15 is 0 Å². The number of hydrogen-bond donors (Lipinski definition) is 0. The fourth-order valence-electron chi connectivity index (χ4n) is 2.77. The van der Waals surface area contributed by atoms with Gasteiger partial charge in [0.25, 0.3) is 0 Å². The zero-order valence-electron chi connectivity index (χ0n) is 12.2. The number of benzene rings is 3. The van der Waals surface area contributed by atoms with Crippen LogP contribution in [0.4, 0.5) is 0 Å². The summed E-state index contributed by atoms with van der Waals surface area (Å²) in [5, 5.41) is 19.9. The number of fused-ring (bicyclic) bond motifs is 1. The highest BCUT2D eigenvalue weighted by molar-refractivity contribution is 5.90. The molecule has 0 aliphatic heterocycles. The van der Waals surface area contributed by atoms with E-state index in [9.17, 15) is 5.26 Å². The van der Waals surface area contributed by atoms with E-state index in [0.717, 1.165) is 22.0 Å². The Labute approximate surface area is 133 Å². The number of hydrogen-bond acceptors (Lipinski definition) is 3. The van der Waals surface area contributed by atoms with Crippen LogP contribution in [-0.2, 0) is 0 Å². The van der Waals surface area contributed by atoms with Crippen molar-refractivity contribution in [1.82, 2.24) is 15.0 Å². The van der Waals surface area contributed by atoms with E-state index in [1.807, 2.05) is 60.7 Å². The third-order valence-electron chi connectivity index (χ3n) is 3.82. The van der Waals surface area contributed by atoms with E-state index in [2.05, 4.69) is 28.5 Å². The smallest absolute Gasteiger partial charge is 0.191 e. The van der Waals surface area contributed by atoms with Crippen molar-refractivity contribution in [3.8, 4) is 23.0 Å². The van der Waals surface area contributed by atoms with Gasteiger partial charge in [0, 0.05) is 10.9 Å². The Morgan fingerprint density at radius 2 is 1.57 bits per heavy atom. The maximum absolute atomic E-state index is 9.39. The molecule has 4 heteroatoms. The maximum Gasteiger partial charge on any atom is 0.191 e. The van der Waals surface area contributed by atoms with Crippen LogP contribution in [0.1, 0.15) is 5.69 Å². The SMILES string of the molecule is N#Cc1nnn(-c2cccc3ccccc23)c1-c1ccccc1. The van der Waals surface area contributed by atoms with Crippen molar-refractivity contribution >= 4 is 10.8 Å². The lowest BCUT2D eigenvalue weighted by molar-refractivity contribution is 0.811. The first-order valence-corrected chi connectivity index (χ1v) is 7.28. The van der Waals surface area contributed by atoms with E-state index in [4.69, 9.17) is 0 Å². The molecule has 4 aromatic rings. The molecule has 0 amide bonds. The predicted molar refractivity (Wildman–Crippen MR) is 89.0 cm³/mol. The van der Waals surface area contributed by atoms with E-state index in [0.29, 0.717) is 11.4 Å². The minimum absolute atomic E-state index is 0.323. The lowest BCUT2D eigenvalue weighted by Crippen LogP contribution is -2.00. The summed E-state index contributed by atoms with van der Waals surface area (Å²) in [7, 11) is 0. The van der Waals surface area contributed by atoms with Crippen LogP contribution in [0, 0.1) is 11.3 Å². The second-order valence-corrected chi connectivity index (χ2v) is 5.17. The molecule has 4 rings (SSSR count). The molecule has 0 radical (unpaired) electrons. The highest BCUT2D eigenvalue weighted by Crippen LogP contribution is 2.28. The van der Waals surface area contributed by atoms with Crippen molar-refractivity contribution in [1.29, 1.82) is 5.26 Å². The van der Waals surface area contributed by atoms with Gasteiger partial charge in [-0.3, -0.25) is 0 Å². The minimum atomic E-state index is 0.323. The molecule has 1 heterocycles. The monoisotopic (exact) mass is 296 g/mol. The average Bonchev–Trinajstić information content (AvgIpc) is 3.06. The van der Waals surface area contributed by atoms with Crippen LogP contribution in [-0.4, -0.2) is 15.0 Å². The molecule has 0 aliphatic carbocycles. The normalized spacial score (nSPS) is 10.6. The molecular weight excluding hydrogens is 284 g/mol. The zero-order valence-corrected chi connectivity index (χ0v) is 12.2. The largest absolute Gasteiger partial charge is 0.211 e. The highest BCUT2D eigenvalue weighted by Gasteiger charge is 2.17. The van der Waals surface area contributed by atoms with Gasteiger partial charge in [0.1, 0.15) is 11.8 Å². The van der Waals surface area contributed by atoms with Gasteiger partial charge >= 0.3 is 0 Å². The van der Waals surface area contributed by atoms with Gasteiger partial charge in [-0.05, 0) is 11.5 Å². The van der Waals surface area contributed by atoms with Gasteiger partial charge in [0.2, 0.25) is 0 Å². The first-order chi connectivity index (χ1) is 11.4. The second kappa shape index (κ2) is 5.39. The Bertz CT molecular complexity index is 1020. The Morgan fingerprint density at radius 3 is 2.39 bits per heavy atom. The minimum Gasteiger partial charge on any atom is -0.211 e. The molecule has 108 valence electrons. The molecule has 0 saturated carbocycles. The van der Waals surface area contributed by atoms with Crippen molar-refractivity contribution in [2.45, 2.75) is 0 Å². The Kier molecular flexibility index (Phi) is 3.10. The van der Waals surface area contributed by atoms with Gasteiger partial charge < -0.3 is 0 Å². The number of nitriles is 1. The Balaban J connectivity index is 2.04. The Hall–Kier alpha value is -3.45.